The third kappa shape index (κ3) is 9.94. The lowest BCUT2D eigenvalue weighted by molar-refractivity contribution is 0.0955. The molecule has 0 saturated heterocycles. The lowest BCUT2D eigenvalue weighted by Gasteiger charge is -2.12. The summed E-state index contributed by atoms with van der Waals surface area (Å²) in [5.41, 5.74) is 1.26. The highest BCUT2D eigenvalue weighted by atomic mass is 19.1. The molecule has 1 unspecified atom stereocenters. The van der Waals surface area contributed by atoms with Gasteiger partial charge in [0.2, 0.25) is 0 Å². The number of hydrogen-bond acceptors (Lipinski definition) is 4. The van der Waals surface area contributed by atoms with Crippen molar-refractivity contribution in [2.24, 2.45) is 0 Å². The predicted molar refractivity (Wildman–Crippen MR) is 125 cm³/mol. The Bertz CT molecular complexity index is 755. The Hall–Kier alpha value is -2.21. The Kier molecular flexibility index (Phi) is 12.7. The van der Waals surface area contributed by atoms with E-state index in [2.05, 4.69) is 11.9 Å². The van der Waals surface area contributed by atoms with Gasteiger partial charge in [0.1, 0.15) is 18.5 Å². The Morgan fingerprint density at radius 1 is 0.812 bits per heavy atom. The van der Waals surface area contributed by atoms with Crippen molar-refractivity contribution < 1.29 is 23.0 Å². The van der Waals surface area contributed by atoms with Crippen LogP contribution in [0.5, 0.6) is 11.5 Å². The fourth-order valence-corrected chi connectivity index (χ4v) is 3.21. The second-order valence-electron chi connectivity index (χ2n) is 7.94. The van der Waals surface area contributed by atoms with Gasteiger partial charge < -0.3 is 14.2 Å². The van der Waals surface area contributed by atoms with Gasteiger partial charge in [0.15, 0.2) is 5.75 Å². The number of ether oxygens (including phenoxy) is 3. The number of rotatable bonds is 17. The van der Waals surface area contributed by atoms with Crippen molar-refractivity contribution in [2.75, 3.05) is 26.4 Å². The van der Waals surface area contributed by atoms with Crippen LogP contribution in [0.25, 0.3) is 11.3 Å². The fraction of sp³-hybridized carbons (Fsp3) is 0.577. The Morgan fingerprint density at radius 3 is 2.28 bits per heavy atom. The molecule has 0 N–H and O–H groups in total. The van der Waals surface area contributed by atoms with E-state index in [4.69, 9.17) is 14.2 Å². The minimum atomic E-state index is -1.21. The van der Waals surface area contributed by atoms with Crippen LogP contribution in [0.2, 0.25) is 0 Å². The maximum Gasteiger partial charge on any atom is 0.255 e. The van der Waals surface area contributed by atoms with E-state index < -0.39 is 12.1 Å². The van der Waals surface area contributed by atoms with Gasteiger partial charge in [-0.1, -0.05) is 46.0 Å². The lowest BCUT2D eigenvalue weighted by Crippen LogP contribution is -2.16. The molecule has 1 aromatic carbocycles. The SMILES string of the molecule is CCCCCCCCOc1ccc(-c2ccc(OCC(F)CCOCCC)c(F)n2)cc1. The second kappa shape index (κ2) is 15.6. The molecule has 0 aliphatic heterocycles. The zero-order valence-corrected chi connectivity index (χ0v) is 19.5. The number of pyridine rings is 1. The molecule has 4 nitrogen and oxygen atoms in total. The first kappa shape index (κ1) is 26.0. The number of nitrogens with zero attached hydrogens (tertiary/aromatic N) is 1. The highest BCUT2D eigenvalue weighted by Gasteiger charge is 2.12. The van der Waals surface area contributed by atoms with Crippen LogP contribution in [0.15, 0.2) is 36.4 Å². The molecular weight excluding hydrogens is 412 g/mol. The van der Waals surface area contributed by atoms with Crippen LogP contribution in [0.3, 0.4) is 0 Å². The number of alkyl halides is 1. The molecule has 0 fully saturated rings. The fourth-order valence-electron chi connectivity index (χ4n) is 3.21. The van der Waals surface area contributed by atoms with Crippen LogP contribution >= 0.6 is 0 Å². The van der Waals surface area contributed by atoms with Gasteiger partial charge in [-0.25, -0.2) is 9.37 Å². The van der Waals surface area contributed by atoms with Crippen LogP contribution in [0.4, 0.5) is 8.78 Å². The van der Waals surface area contributed by atoms with Crippen LogP contribution in [0.1, 0.15) is 65.2 Å². The summed E-state index contributed by atoms with van der Waals surface area (Å²) in [5.74, 6) is -0.00950. The van der Waals surface area contributed by atoms with Crippen molar-refractivity contribution in [3.63, 3.8) is 0 Å². The predicted octanol–water partition coefficient (Wildman–Crippen LogP) is 7.16. The zero-order valence-electron chi connectivity index (χ0n) is 19.5. The molecule has 1 atom stereocenters. The van der Waals surface area contributed by atoms with E-state index in [0.717, 1.165) is 24.2 Å². The maximum absolute atomic E-state index is 14.3. The van der Waals surface area contributed by atoms with Gasteiger partial charge in [-0.2, -0.15) is 4.39 Å². The van der Waals surface area contributed by atoms with Crippen molar-refractivity contribution in [2.45, 2.75) is 71.4 Å². The van der Waals surface area contributed by atoms with Gasteiger partial charge >= 0.3 is 0 Å². The first-order valence-electron chi connectivity index (χ1n) is 11.9. The Balaban J connectivity index is 1.77. The molecule has 0 spiro atoms. The molecule has 0 radical (unpaired) electrons. The Morgan fingerprint density at radius 2 is 1.56 bits per heavy atom. The molecule has 1 aromatic heterocycles. The summed E-state index contributed by atoms with van der Waals surface area (Å²) in [5, 5.41) is 0. The van der Waals surface area contributed by atoms with Gasteiger partial charge in [0.25, 0.3) is 5.95 Å². The number of halogens is 2. The molecule has 2 aromatic rings. The van der Waals surface area contributed by atoms with Gasteiger partial charge in [-0.3, -0.25) is 0 Å². The van der Waals surface area contributed by atoms with E-state index in [1.807, 2.05) is 31.2 Å². The number of hydrogen-bond donors (Lipinski definition) is 0. The largest absolute Gasteiger partial charge is 0.494 e. The molecule has 0 saturated carbocycles. The quantitative estimate of drug-likeness (QED) is 0.190. The molecule has 0 amide bonds. The summed E-state index contributed by atoms with van der Waals surface area (Å²) in [6.45, 7) is 5.63. The molecule has 0 aliphatic carbocycles. The van der Waals surface area contributed by atoms with Crippen LogP contribution < -0.4 is 9.47 Å². The summed E-state index contributed by atoms with van der Waals surface area (Å²) < 4.78 is 44.5. The molecule has 6 heteroatoms. The first-order chi connectivity index (χ1) is 15.6. The van der Waals surface area contributed by atoms with Crippen molar-refractivity contribution in [1.82, 2.24) is 4.98 Å². The van der Waals surface area contributed by atoms with Gasteiger partial charge in [-0.15, -0.1) is 0 Å². The van der Waals surface area contributed by atoms with E-state index in [-0.39, 0.29) is 18.8 Å². The highest BCUT2D eigenvalue weighted by Crippen LogP contribution is 2.25. The molecule has 0 aliphatic rings. The second-order valence-corrected chi connectivity index (χ2v) is 7.94. The third-order valence-electron chi connectivity index (χ3n) is 5.07. The summed E-state index contributed by atoms with van der Waals surface area (Å²) in [4.78, 5) is 3.97. The number of unbranched alkanes of at least 4 members (excludes halogenated alkanes) is 5. The molecular formula is C26H37F2NO3. The molecule has 178 valence electrons. The molecule has 1 heterocycles. The van der Waals surface area contributed by atoms with Crippen LogP contribution in [-0.2, 0) is 4.74 Å². The van der Waals surface area contributed by atoms with Crippen molar-refractivity contribution in [3.8, 4) is 22.8 Å². The minimum absolute atomic E-state index is 0.0511. The van der Waals surface area contributed by atoms with E-state index >= 15 is 0 Å². The molecule has 0 bridgehead atoms. The average molecular weight is 450 g/mol. The summed E-state index contributed by atoms with van der Waals surface area (Å²) in [7, 11) is 0. The molecule has 32 heavy (non-hydrogen) atoms. The Labute approximate surface area is 191 Å². The van der Waals surface area contributed by atoms with Crippen molar-refractivity contribution >= 4 is 0 Å². The summed E-state index contributed by atoms with van der Waals surface area (Å²) in [6.07, 6.45) is 7.24. The van der Waals surface area contributed by atoms with Crippen molar-refractivity contribution in [1.29, 1.82) is 0 Å². The number of benzene rings is 1. The summed E-state index contributed by atoms with van der Waals surface area (Å²) >= 11 is 0. The van der Waals surface area contributed by atoms with Crippen LogP contribution in [0, 0.1) is 5.95 Å². The van der Waals surface area contributed by atoms with Gasteiger partial charge in [-0.05, 0) is 49.2 Å². The third-order valence-corrected chi connectivity index (χ3v) is 5.07. The van der Waals surface area contributed by atoms with E-state index in [0.29, 0.717) is 25.5 Å². The zero-order chi connectivity index (χ0) is 23.0. The summed E-state index contributed by atoms with van der Waals surface area (Å²) in [6, 6.07) is 10.6. The topological polar surface area (TPSA) is 40.6 Å². The minimum Gasteiger partial charge on any atom is -0.494 e. The lowest BCUT2D eigenvalue weighted by atomic mass is 10.1. The number of aromatic nitrogens is 1. The van der Waals surface area contributed by atoms with Gasteiger partial charge in [0.05, 0.1) is 12.3 Å². The monoisotopic (exact) mass is 449 g/mol. The normalized spacial score (nSPS) is 12.0. The van der Waals surface area contributed by atoms with E-state index in [1.165, 1.54) is 38.2 Å². The standard InChI is InChI=1S/C26H37F2NO3/c1-3-5-6-7-8-9-18-31-23-12-10-21(11-13-23)24-14-15-25(26(28)29-24)32-20-22(27)16-19-30-17-4-2/h10-15,22H,3-9,16-20H2,1-2H3. The van der Waals surface area contributed by atoms with E-state index in [9.17, 15) is 8.78 Å². The molecule has 2 rings (SSSR count). The van der Waals surface area contributed by atoms with E-state index in [1.54, 1.807) is 6.07 Å². The van der Waals surface area contributed by atoms with Gasteiger partial charge in [0, 0.05) is 25.2 Å². The highest BCUT2D eigenvalue weighted by molar-refractivity contribution is 5.60. The average Bonchev–Trinajstić information content (AvgIpc) is 2.81. The van der Waals surface area contributed by atoms with Crippen molar-refractivity contribution in [3.05, 3.63) is 42.3 Å². The van der Waals surface area contributed by atoms with Crippen LogP contribution in [-0.4, -0.2) is 37.6 Å². The maximum atomic E-state index is 14.3. The first-order valence-corrected chi connectivity index (χ1v) is 11.9. The smallest absolute Gasteiger partial charge is 0.255 e.